The Morgan fingerprint density at radius 3 is 1.79 bits per heavy atom. The van der Waals surface area contributed by atoms with Gasteiger partial charge < -0.3 is 0 Å². The van der Waals surface area contributed by atoms with Gasteiger partial charge >= 0.3 is 0 Å². The maximum atomic E-state index is 2.25. The molecule has 0 atom stereocenters. The van der Waals surface area contributed by atoms with E-state index in [1.807, 2.05) is 0 Å². The highest BCUT2D eigenvalue weighted by Crippen LogP contribution is 2.23. The highest BCUT2D eigenvalue weighted by atomic mass is 31.1. The summed E-state index contributed by atoms with van der Waals surface area (Å²) in [7, 11) is 0.844. The van der Waals surface area contributed by atoms with E-state index in [-0.39, 0.29) is 0 Å². The second-order valence-corrected chi connectivity index (χ2v) is 4.94. The molecule has 2 aromatic rings. The summed E-state index contributed by atoms with van der Waals surface area (Å²) in [6.45, 7) is 0. The minimum atomic E-state index is 0.844. The molecule has 0 amide bonds. The summed E-state index contributed by atoms with van der Waals surface area (Å²) < 4.78 is 0. The van der Waals surface area contributed by atoms with Crippen molar-refractivity contribution < 1.29 is 0 Å². The van der Waals surface area contributed by atoms with Gasteiger partial charge in [-0.05, 0) is 28.2 Å². The molecule has 0 N–H and O–H groups in total. The molecule has 0 unspecified atom stereocenters. The zero-order valence-corrected chi connectivity index (χ0v) is 8.83. The Balaban J connectivity index is 2.12. The van der Waals surface area contributed by atoms with Crippen LogP contribution in [0.15, 0.2) is 48.5 Å². The van der Waals surface area contributed by atoms with Gasteiger partial charge in [-0.15, -0.1) is 0 Å². The lowest BCUT2D eigenvalue weighted by atomic mass is 10.0. The highest BCUT2D eigenvalue weighted by molar-refractivity contribution is 7.55. The van der Waals surface area contributed by atoms with Gasteiger partial charge in [-0.25, -0.2) is 0 Å². The molecule has 1 heteroatoms. The zero-order valence-electron chi connectivity index (χ0n) is 7.83. The Bertz CT molecular complexity index is 387. The van der Waals surface area contributed by atoms with Gasteiger partial charge in [0.05, 0.1) is 0 Å². The summed E-state index contributed by atoms with van der Waals surface area (Å²) >= 11 is 0. The minimum absolute atomic E-state index is 0.844. The lowest BCUT2D eigenvalue weighted by Gasteiger charge is -2.18. The summed E-state index contributed by atoms with van der Waals surface area (Å²) in [5, 5.41) is 3.04. The van der Waals surface area contributed by atoms with Gasteiger partial charge in [0.15, 0.2) is 0 Å². The van der Waals surface area contributed by atoms with E-state index in [4.69, 9.17) is 0 Å². The van der Waals surface area contributed by atoms with Crippen LogP contribution in [-0.4, -0.2) is 0 Å². The maximum Gasteiger partial charge on any atom is -0.00131 e. The fraction of sp³-hybridized carbons (Fsp3) is 0.0769. The first-order valence-corrected chi connectivity index (χ1v) is 5.86. The lowest BCUT2D eigenvalue weighted by Crippen LogP contribution is -2.19. The summed E-state index contributed by atoms with van der Waals surface area (Å²) in [4.78, 5) is 0. The van der Waals surface area contributed by atoms with E-state index < -0.39 is 0 Å². The standard InChI is InChI=1S/C13H11P/c1-3-7-12-10(5-1)9-11-6-2-4-8-13(11)14-12/h1-8,14H,9H2. The molecule has 0 aliphatic carbocycles. The molecule has 0 nitrogen and oxygen atoms in total. The molecule has 14 heavy (non-hydrogen) atoms. The van der Waals surface area contributed by atoms with Gasteiger partial charge in [0.25, 0.3) is 0 Å². The third kappa shape index (κ3) is 1.27. The summed E-state index contributed by atoms with van der Waals surface area (Å²) in [5.74, 6) is 0. The normalized spacial score (nSPS) is 13.1. The molecule has 0 bridgehead atoms. The number of benzene rings is 2. The van der Waals surface area contributed by atoms with Crippen LogP contribution in [0.4, 0.5) is 0 Å². The molecule has 0 saturated heterocycles. The fourth-order valence-corrected chi connectivity index (χ4v) is 3.26. The van der Waals surface area contributed by atoms with Gasteiger partial charge in [0, 0.05) is 0 Å². The van der Waals surface area contributed by atoms with Crippen LogP contribution in [0, 0.1) is 0 Å². The van der Waals surface area contributed by atoms with Crippen molar-refractivity contribution in [2.45, 2.75) is 6.42 Å². The molecule has 0 saturated carbocycles. The first kappa shape index (κ1) is 8.20. The molecule has 0 aromatic heterocycles. The second kappa shape index (κ2) is 3.22. The van der Waals surface area contributed by atoms with Crippen LogP contribution >= 0.6 is 8.58 Å². The van der Waals surface area contributed by atoms with E-state index in [9.17, 15) is 0 Å². The number of hydrogen-bond acceptors (Lipinski definition) is 0. The average molecular weight is 198 g/mol. The smallest absolute Gasteiger partial charge is 0.00131 e. The van der Waals surface area contributed by atoms with Crippen molar-refractivity contribution in [1.82, 2.24) is 0 Å². The zero-order chi connectivity index (χ0) is 9.38. The summed E-state index contributed by atoms with van der Waals surface area (Å²) in [6, 6.07) is 17.6. The number of fused-ring (bicyclic) bond motifs is 2. The molecule has 0 radical (unpaired) electrons. The quantitative estimate of drug-likeness (QED) is 0.486. The Morgan fingerprint density at radius 2 is 1.21 bits per heavy atom. The van der Waals surface area contributed by atoms with Gasteiger partial charge in [0.2, 0.25) is 0 Å². The van der Waals surface area contributed by atoms with E-state index in [0.717, 1.165) is 15.0 Å². The van der Waals surface area contributed by atoms with Gasteiger partial charge in [-0.1, -0.05) is 57.1 Å². The lowest BCUT2D eigenvalue weighted by molar-refractivity contribution is 1.22. The van der Waals surface area contributed by atoms with Gasteiger partial charge in [-0.3, -0.25) is 0 Å². The third-order valence-electron chi connectivity index (χ3n) is 2.68. The van der Waals surface area contributed by atoms with Crippen molar-refractivity contribution in [1.29, 1.82) is 0 Å². The van der Waals surface area contributed by atoms with Crippen molar-refractivity contribution in [3.8, 4) is 0 Å². The maximum absolute atomic E-state index is 2.25. The van der Waals surface area contributed by atoms with Crippen molar-refractivity contribution in [3.05, 3.63) is 59.7 Å². The van der Waals surface area contributed by atoms with Crippen molar-refractivity contribution in [2.75, 3.05) is 0 Å². The molecule has 68 valence electrons. The monoisotopic (exact) mass is 198 g/mol. The predicted octanol–water partition coefficient (Wildman–Crippen LogP) is 2.22. The third-order valence-corrected chi connectivity index (χ3v) is 4.20. The largest absolute Gasteiger partial charge is 0.0619 e. The molecule has 1 aliphatic rings. The van der Waals surface area contributed by atoms with Crippen molar-refractivity contribution >= 4 is 19.2 Å². The van der Waals surface area contributed by atoms with Crippen molar-refractivity contribution in [3.63, 3.8) is 0 Å². The van der Waals surface area contributed by atoms with Crippen LogP contribution < -0.4 is 10.6 Å². The minimum Gasteiger partial charge on any atom is -0.0619 e. The van der Waals surface area contributed by atoms with E-state index in [2.05, 4.69) is 48.5 Å². The first-order valence-electron chi connectivity index (χ1n) is 4.86. The van der Waals surface area contributed by atoms with E-state index in [1.54, 1.807) is 0 Å². The van der Waals surface area contributed by atoms with Crippen LogP contribution in [0.3, 0.4) is 0 Å². The molecular formula is C13H11P. The van der Waals surface area contributed by atoms with Crippen LogP contribution in [0.25, 0.3) is 0 Å². The van der Waals surface area contributed by atoms with Crippen LogP contribution in [-0.2, 0) is 6.42 Å². The van der Waals surface area contributed by atoms with Gasteiger partial charge in [0.1, 0.15) is 0 Å². The summed E-state index contributed by atoms with van der Waals surface area (Å²) in [6.07, 6.45) is 1.11. The number of rotatable bonds is 0. The molecule has 2 aromatic carbocycles. The Morgan fingerprint density at radius 1 is 0.714 bits per heavy atom. The average Bonchev–Trinajstić information content (AvgIpc) is 2.26. The molecule has 0 fully saturated rings. The predicted molar refractivity (Wildman–Crippen MR) is 63.3 cm³/mol. The van der Waals surface area contributed by atoms with Crippen LogP contribution in [0.2, 0.25) is 0 Å². The Labute approximate surface area is 85.8 Å². The Hall–Kier alpha value is -1.13. The van der Waals surface area contributed by atoms with Crippen LogP contribution in [0.1, 0.15) is 11.1 Å². The second-order valence-electron chi connectivity index (χ2n) is 3.62. The summed E-state index contributed by atoms with van der Waals surface area (Å²) in [5.41, 5.74) is 3.01. The molecule has 0 spiro atoms. The molecular weight excluding hydrogens is 187 g/mol. The first-order chi connectivity index (χ1) is 6.93. The van der Waals surface area contributed by atoms with Crippen LogP contribution in [0.5, 0.6) is 0 Å². The number of hydrogen-bond donors (Lipinski definition) is 0. The molecule has 1 aliphatic heterocycles. The SMILES string of the molecule is c1ccc2c(c1)Cc1ccccc1P2. The van der Waals surface area contributed by atoms with Gasteiger partial charge in [-0.2, -0.15) is 0 Å². The van der Waals surface area contributed by atoms with E-state index >= 15 is 0 Å². The fourth-order valence-electron chi connectivity index (χ4n) is 1.94. The van der Waals surface area contributed by atoms with Crippen molar-refractivity contribution in [2.24, 2.45) is 0 Å². The topological polar surface area (TPSA) is 0 Å². The molecule has 3 rings (SSSR count). The van der Waals surface area contributed by atoms with E-state index in [1.165, 1.54) is 21.7 Å². The Kier molecular flexibility index (Phi) is 1.89. The van der Waals surface area contributed by atoms with E-state index in [0.29, 0.717) is 0 Å². The molecule has 1 heterocycles. The highest BCUT2D eigenvalue weighted by Gasteiger charge is 2.12.